The molecule has 2 N–H and O–H groups in total. The van der Waals surface area contributed by atoms with Gasteiger partial charge in [-0.2, -0.15) is 5.26 Å². The summed E-state index contributed by atoms with van der Waals surface area (Å²) >= 11 is 5.77. The van der Waals surface area contributed by atoms with E-state index < -0.39 is 0 Å². The second-order valence-corrected chi connectivity index (χ2v) is 5.54. The minimum absolute atomic E-state index is 0.138. The number of carbonyl (C=O) groups is 2. The van der Waals surface area contributed by atoms with Gasteiger partial charge in [-0.1, -0.05) is 11.6 Å². The Balaban J connectivity index is 1.69. The van der Waals surface area contributed by atoms with Crippen molar-refractivity contribution in [1.82, 2.24) is 5.32 Å². The number of amides is 2. The number of anilines is 1. The number of hydrogen-bond donors (Lipinski definition) is 2. The molecule has 6 heteroatoms. The highest BCUT2D eigenvalue weighted by Crippen LogP contribution is 2.10. The van der Waals surface area contributed by atoms with E-state index in [1.54, 1.807) is 48.5 Å². The molecule has 0 radical (unpaired) electrons. The molecule has 2 rings (SSSR count). The smallest absolute Gasteiger partial charge is 0.251 e. The Bertz CT molecular complexity index is 749. The molecule has 5 nitrogen and oxygen atoms in total. The summed E-state index contributed by atoms with van der Waals surface area (Å²) < 4.78 is 0. The van der Waals surface area contributed by atoms with Gasteiger partial charge >= 0.3 is 0 Å². The number of nitrogens with zero attached hydrogens (tertiary/aromatic N) is 1. The van der Waals surface area contributed by atoms with Gasteiger partial charge in [0.25, 0.3) is 5.91 Å². The number of rotatable bonds is 6. The summed E-state index contributed by atoms with van der Waals surface area (Å²) in [5.74, 6) is -0.334. The Morgan fingerprint density at radius 2 is 1.71 bits per heavy atom. The van der Waals surface area contributed by atoms with E-state index in [0.29, 0.717) is 41.2 Å². The van der Waals surface area contributed by atoms with Crippen LogP contribution >= 0.6 is 11.6 Å². The van der Waals surface area contributed by atoms with E-state index in [9.17, 15) is 9.59 Å². The van der Waals surface area contributed by atoms with Crippen LogP contribution in [-0.4, -0.2) is 18.4 Å². The lowest BCUT2D eigenvalue weighted by molar-refractivity contribution is -0.116. The maximum Gasteiger partial charge on any atom is 0.251 e. The quantitative estimate of drug-likeness (QED) is 0.790. The summed E-state index contributed by atoms with van der Waals surface area (Å²) in [4.78, 5) is 23.7. The topological polar surface area (TPSA) is 82.0 Å². The average Bonchev–Trinajstić information content (AvgIpc) is 2.60. The lowest BCUT2D eigenvalue weighted by Gasteiger charge is -2.07. The van der Waals surface area contributed by atoms with Gasteiger partial charge in [-0.25, -0.2) is 0 Å². The SMILES string of the molecule is N#Cc1ccc(NC(=O)CCCNC(=O)c2ccc(Cl)cc2)cc1. The molecule has 122 valence electrons. The van der Waals surface area contributed by atoms with Crippen LogP contribution < -0.4 is 10.6 Å². The summed E-state index contributed by atoms with van der Waals surface area (Å²) in [6.45, 7) is 0.405. The molecule has 2 amide bonds. The Labute approximate surface area is 145 Å². The Morgan fingerprint density at radius 3 is 2.33 bits per heavy atom. The second kappa shape index (κ2) is 8.70. The van der Waals surface area contributed by atoms with Crippen molar-refractivity contribution in [2.45, 2.75) is 12.8 Å². The molecule has 2 aromatic carbocycles. The first-order valence-electron chi connectivity index (χ1n) is 7.42. The molecule has 0 saturated heterocycles. The molecule has 2 aromatic rings. The summed E-state index contributed by atoms with van der Waals surface area (Å²) in [5, 5.41) is 14.8. The Kier molecular flexibility index (Phi) is 6.35. The average molecular weight is 342 g/mol. The molecule has 0 aliphatic carbocycles. The molecule has 0 heterocycles. The summed E-state index contributed by atoms with van der Waals surface area (Å²) in [6, 6.07) is 15.3. The maximum absolute atomic E-state index is 11.9. The van der Waals surface area contributed by atoms with E-state index in [-0.39, 0.29) is 11.8 Å². The fraction of sp³-hybridized carbons (Fsp3) is 0.167. The van der Waals surface area contributed by atoms with Gasteiger partial charge in [0.1, 0.15) is 0 Å². The van der Waals surface area contributed by atoms with Gasteiger partial charge in [-0.05, 0) is 55.0 Å². The van der Waals surface area contributed by atoms with E-state index in [2.05, 4.69) is 10.6 Å². The Morgan fingerprint density at radius 1 is 1.04 bits per heavy atom. The van der Waals surface area contributed by atoms with Crippen molar-refractivity contribution in [2.75, 3.05) is 11.9 Å². The molecule has 0 unspecified atom stereocenters. The highest BCUT2D eigenvalue weighted by Gasteiger charge is 2.06. The largest absolute Gasteiger partial charge is 0.352 e. The van der Waals surface area contributed by atoms with E-state index >= 15 is 0 Å². The lowest BCUT2D eigenvalue weighted by atomic mass is 10.2. The molecule has 0 atom stereocenters. The van der Waals surface area contributed by atoms with Gasteiger partial charge in [0, 0.05) is 29.2 Å². The number of halogens is 1. The van der Waals surface area contributed by atoms with Crippen molar-refractivity contribution in [3.63, 3.8) is 0 Å². The third kappa shape index (κ3) is 5.41. The number of carbonyl (C=O) groups excluding carboxylic acids is 2. The monoisotopic (exact) mass is 341 g/mol. The predicted octanol–water partition coefficient (Wildman–Crippen LogP) is 3.36. The van der Waals surface area contributed by atoms with Crippen molar-refractivity contribution >= 4 is 29.1 Å². The van der Waals surface area contributed by atoms with Crippen LogP contribution in [0.2, 0.25) is 5.02 Å². The fourth-order valence-corrected chi connectivity index (χ4v) is 2.13. The molecule has 0 aliphatic heterocycles. The molecular weight excluding hydrogens is 326 g/mol. The number of benzene rings is 2. The van der Waals surface area contributed by atoms with Crippen LogP contribution in [-0.2, 0) is 4.79 Å². The van der Waals surface area contributed by atoms with Crippen molar-refractivity contribution in [3.05, 3.63) is 64.7 Å². The first kappa shape index (κ1) is 17.5. The van der Waals surface area contributed by atoms with Crippen molar-refractivity contribution in [1.29, 1.82) is 5.26 Å². The molecule has 24 heavy (non-hydrogen) atoms. The van der Waals surface area contributed by atoms with Crippen molar-refractivity contribution in [2.24, 2.45) is 0 Å². The zero-order valence-corrected chi connectivity index (χ0v) is 13.6. The third-order valence-electron chi connectivity index (χ3n) is 3.27. The third-order valence-corrected chi connectivity index (χ3v) is 3.52. The zero-order valence-electron chi connectivity index (χ0n) is 12.9. The highest BCUT2D eigenvalue weighted by molar-refractivity contribution is 6.30. The van der Waals surface area contributed by atoms with E-state index in [0.717, 1.165) is 0 Å². The first-order chi connectivity index (χ1) is 11.6. The van der Waals surface area contributed by atoms with Gasteiger partial charge < -0.3 is 10.6 Å². The number of nitriles is 1. The van der Waals surface area contributed by atoms with Gasteiger partial charge in [-0.15, -0.1) is 0 Å². The van der Waals surface area contributed by atoms with Crippen LogP contribution in [0.15, 0.2) is 48.5 Å². The molecule has 0 saturated carbocycles. The van der Waals surface area contributed by atoms with Crippen LogP contribution in [0.25, 0.3) is 0 Å². The molecule has 0 aromatic heterocycles. The second-order valence-electron chi connectivity index (χ2n) is 5.10. The Hall–Kier alpha value is -2.84. The predicted molar refractivity (Wildman–Crippen MR) is 92.8 cm³/mol. The number of nitrogens with one attached hydrogen (secondary N) is 2. The van der Waals surface area contributed by atoms with Crippen molar-refractivity contribution < 1.29 is 9.59 Å². The van der Waals surface area contributed by atoms with Crippen LogP contribution in [0.1, 0.15) is 28.8 Å². The summed E-state index contributed by atoms with van der Waals surface area (Å²) in [7, 11) is 0. The van der Waals surface area contributed by atoms with Gasteiger partial charge in [0.2, 0.25) is 5.91 Å². The van der Waals surface area contributed by atoms with Crippen LogP contribution in [0.3, 0.4) is 0 Å². The van der Waals surface area contributed by atoms with Gasteiger partial charge in [0.05, 0.1) is 11.6 Å². The zero-order chi connectivity index (χ0) is 17.4. The van der Waals surface area contributed by atoms with E-state index in [4.69, 9.17) is 16.9 Å². The maximum atomic E-state index is 11.9. The van der Waals surface area contributed by atoms with Crippen LogP contribution in [0.5, 0.6) is 0 Å². The van der Waals surface area contributed by atoms with Crippen molar-refractivity contribution in [3.8, 4) is 6.07 Å². The van der Waals surface area contributed by atoms with Crippen LogP contribution in [0, 0.1) is 11.3 Å². The van der Waals surface area contributed by atoms with E-state index in [1.807, 2.05) is 6.07 Å². The van der Waals surface area contributed by atoms with Gasteiger partial charge in [-0.3, -0.25) is 9.59 Å². The molecule has 0 fully saturated rings. The minimum Gasteiger partial charge on any atom is -0.352 e. The standard InChI is InChI=1S/C18H16ClN3O2/c19-15-7-5-14(6-8-15)18(24)21-11-1-2-17(23)22-16-9-3-13(12-20)4-10-16/h3-10H,1-2,11H2,(H,21,24)(H,22,23). The fourth-order valence-electron chi connectivity index (χ4n) is 2.01. The van der Waals surface area contributed by atoms with Crippen LogP contribution in [0.4, 0.5) is 5.69 Å². The summed E-state index contributed by atoms with van der Waals surface area (Å²) in [6.07, 6.45) is 0.822. The minimum atomic E-state index is -0.195. The highest BCUT2D eigenvalue weighted by atomic mass is 35.5. The summed E-state index contributed by atoms with van der Waals surface area (Å²) in [5.41, 5.74) is 1.71. The lowest BCUT2D eigenvalue weighted by Crippen LogP contribution is -2.25. The van der Waals surface area contributed by atoms with Gasteiger partial charge in [0.15, 0.2) is 0 Å². The molecular formula is C18H16ClN3O2. The first-order valence-corrected chi connectivity index (χ1v) is 7.80. The normalized spacial score (nSPS) is 9.83. The van der Waals surface area contributed by atoms with E-state index in [1.165, 1.54) is 0 Å². The molecule has 0 aliphatic rings. The molecule has 0 bridgehead atoms. The number of hydrogen-bond acceptors (Lipinski definition) is 3. The molecule has 0 spiro atoms.